The van der Waals surface area contributed by atoms with Crippen molar-refractivity contribution >= 4 is 17.7 Å². The molecule has 0 aromatic carbocycles. The minimum Gasteiger partial charge on any atom is -0.357 e. The van der Waals surface area contributed by atoms with Crippen LogP contribution in [0.5, 0.6) is 0 Å². The van der Waals surface area contributed by atoms with Crippen molar-refractivity contribution in [1.29, 1.82) is 0 Å². The van der Waals surface area contributed by atoms with Gasteiger partial charge in [0.15, 0.2) is 11.8 Å². The summed E-state index contributed by atoms with van der Waals surface area (Å²) < 4.78 is 5.55. The van der Waals surface area contributed by atoms with E-state index in [0.29, 0.717) is 23.0 Å². The number of hydrogen-bond acceptors (Lipinski definition) is 5. The van der Waals surface area contributed by atoms with Crippen LogP contribution in [0.3, 0.4) is 0 Å². The van der Waals surface area contributed by atoms with Crippen LogP contribution in [0, 0.1) is 0 Å². The molecule has 1 unspecified atom stereocenters. The molecule has 23 heavy (non-hydrogen) atoms. The second-order valence-electron chi connectivity index (χ2n) is 6.47. The molecule has 0 saturated carbocycles. The lowest BCUT2D eigenvalue weighted by molar-refractivity contribution is 0.371. The quantitative estimate of drug-likeness (QED) is 0.587. The van der Waals surface area contributed by atoms with Crippen LogP contribution in [0.2, 0.25) is 0 Å². The van der Waals surface area contributed by atoms with Crippen LogP contribution in [-0.2, 0) is 6.42 Å². The number of nitrogens with zero attached hydrogens (tertiary/aromatic N) is 3. The Morgan fingerprint density at radius 3 is 2.87 bits per heavy atom. The van der Waals surface area contributed by atoms with E-state index < -0.39 is 0 Å². The Bertz CT molecular complexity index is 508. The number of guanidine groups is 1. The lowest BCUT2D eigenvalue weighted by atomic mass is 10.1. The first-order valence-electron chi connectivity index (χ1n) is 8.51. The molecule has 1 aliphatic heterocycles. The number of thioether (sulfide) groups is 1. The number of rotatable bonds is 7. The lowest BCUT2D eigenvalue weighted by Crippen LogP contribution is -2.39. The average molecular weight is 340 g/mol. The largest absolute Gasteiger partial charge is 0.357 e. The van der Waals surface area contributed by atoms with E-state index in [4.69, 9.17) is 9.52 Å². The van der Waals surface area contributed by atoms with Crippen molar-refractivity contribution < 1.29 is 4.52 Å². The van der Waals surface area contributed by atoms with Gasteiger partial charge in [-0.05, 0) is 32.4 Å². The molecular weight excluding hydrogens is 310 g/mol. The third-order valence-corrected chi connectivity index (χ3v) is 5.37. The first kappa shape index (κ1) is 18.1. The number of aromatic nitrogens is 2. The Balaban J connectivity index is 1.81. The highest BCUT2D eigenvalue weighted by molar-refractivity contribution is 8.00. The van der Waals surface area contributed by atoms with Gasteiger partial charge in [0.1, 0.15) is 0 Å². The molecule has 130 valence electrons. The van der Waals surface area contributed by atoms with Crippen LogP contribution in [0.4, 0.5) is 0 Å². The van der Waals surface area contributed by atoms with Crippen molar-refractivity contribution in [2.45, 2.75) is 57.6 Å². The second-order valence-corrected chi connectivity index (χ2v) is 8.16. The fourth-order valence-corrected chi connectivity index (χ4v) is 3.67. The van der Waals surface area contributed by atoms with Gasteiger partial charge in [0.25, 0.3) is 0 Å². The molecule has 0 amide bonds. The highest BCUT2D eigenvalue weighted by atomic mass is 32.2. The van der Waals surface area contributed by atoms with Gasteiger partial charge in [0, 0.05) is 30.2 Å². The van der Waals surface area contributed by atoms with Crippen molar-refractivity contribution in [1.82, 2.24) is 20.8 Å². The molecule has 1 fully saturated rings. The van der Waals surface area contributed by atoms with Gasteiger partial charge < -0.3 is 15.2 Å². The van der Waals surface area contributed by atoms with Crippen LogP contribution in [0.25, 0.3) is 0 Å². The normalized spacial score (nSPS) is 21.9. The van der Waals surface area contributed by atoms with Crippen molar-refractivity contribution in [3.8, 4) is 0 Å². The van der Waals surface area contributed by atoms with Crippen LogP contribution >= 0.6 is 11.8 Å². The fraction of sp³-hybridized carbons (Fsp3) is 0.812. The lowest BCUT2D eigenvalue weighted by Gasteiger charge is -2.20. The van der Waals surface area contributed by atoms with E-state index in [1.807, 2.05) is 11.8 Å². The summed E-state index contributed by atoms with van der Waals surface area (Å²) in [6.45, 7) is 10.9. The molecule has 1 atom stereocenters. The van der Waals surface area contributed by atoms with Crippen LogP contribution in [0.1, 0.15) is 58.2 Å². The van der Waals surface area contributed by atoms with E-state index in [-0.39, 0.29) is 0 Å². The molecule has 0 bridgehead atoms. The van der Waals surface area contributed by atoms with Gasteiger partial charge in [0.2, 0.25) is 5.89 Å². The molecule has 1 saturated heterocycles. The molecule has 1 aromatic heterocycles. The predicted octanol–water partition coefficient (Wildman–Crippen LogP) is 2.58. The summed E-state index contributed by atoms with van der Waals surface area (Å²) in [4.78, 5) is 9.13. The number of nitrogens with one attached hydrogen (secondary N) is 2. The monoisotopic (exact) mass is 339 g/mol. The zero-order chi connectivity index (χ0) is 16.7. The Morgan fingerprint density at radius 2 is 2.26 bits per heavy atom. The summed E-state index contributed by atoms with van der Waals surface area (Å²) in [5.41, 5.74) is 0. The minimum atomic E-state index is 0.293. The first-order valence-corrected chi connectivity index (χ1v) is 9.49. The molecule has 1 aromatic rings. The predicted molar refractivity (Wildman–Crippen MR) is 96.2 cm³/mol. The molecule has 2 heterocycles. The van der Waals surface area contributed by atoms with Gasteiger partial charge in [-0.15, -0.1) is 0 Å². The van der Waals surface area contributed by atoms with Gasteiger partial charge in [-0.1, -0.05) is 19.0 Å². The molecule has 7 heteroatoms. The summed E-state index contributed by atoms with van der Waals surface area (Å²) in [7, 11) is 0. The van der Waals surface area contributed by atoms with Crippen LogP contribution < -0.4 is 10.6 Å². The van der Waals surface area contributed by atoms with Gasteiger partial charge in [-0.3, -0.25) is 4.99 Å². The van der Waals surface area contributed by atoms with Crippen molar-refractivity contribution in [2.75, 3.05) is 25.4 Å². The van der Waals surface area contributed by atoms with Crippen LogP contribution in [0.15, 0.2) is 9.52 Å². The Kier molecular flexibility index (Phi) is 6.74. The van der Waals surface area contributed by atoms with E-state index in [9.17, 15) is 0 Å². The van der Waals surface area contributed by atoms with E-state index in [1.54, 1.807) is 0 Å². The topological polar surface area (TPSA) is 75.3 Å². The smallest absolute Gasteiger partial charge is 0.228 e. The zero-order valence-electron chi connectivity index (χ0n) is 14.7. The van der Waals surface area contributed by atoms with Gasteiger partial charge in [0.05, 0.1) is 6.54 Å². The molecule has 2 rings (SSSR count). The van der Waals surface area contributed by atoms with E-state index in [0.717, 1.165) is 31.4 Å². The van der Waals surface area contributed by atoms with Gasteiger partial charge >= 0.3 is 0 Å². The Hall–Kier alpha value is -1.24. The summed E-state index contributed by atoms with van der Waals surface area (Å²) >= 11 is 2.03. The molecular formula is C16H29N5OS. The molecule has 2 N–H and O–H groups in total. The first-order chi connectivity index (χ1) is 11.0. The maximum atomic E-state index is 5.26. The molecule has 0 radical (unpaired) electrons. The maximum absolute atomic E-state index is 5.26. The molecule has 1 aliphatic rings. The van der Waals surface area contributed by atoms with Crippen LogP contribution in [-0.4, -0.2) is 46.2 Å². The standard InChI is InChI=1S/C16H29N5OS/c1-5-17-15(19-11-16(4)8-6-10-23-16)18-9-7-13-20-14(12(2)3)21-22-13/h12H,5-11H2,1-4H3,(H2,17,18,19). The third-order valence-electron chi connectivity index (χ3n) is 3.85. The highest BCUT2D eigenvalue weighted by Gasteiger charge is 2.29. The van der Waals surface area contributed by atoms with E-state index >= 15 is 0 Å². The number of aliphatic imine (C=N–C) groups is 1. The van der Waals surface area contributed by atoms with Crippen molar-refractivity contribution in [3.05, 3.63) is 11.7 Å². The Morgan fingerprint density at radius 1 is 1.43 bits per heavy atom. The summed E-state index contributed by atoms with van der Waals surface area (Å²) in [6.07, 6.45) is 3.26. The van der Waals surface area contributed by atoms with Crippen molar-refractivity contribution in [3.63, 3.8) is 0 Å². The average Bonchev–Trinajstić information content (AvgIpc) is 3.15. The molecule has 6 nitrogen and oxygen atoms in total. The van der Waals surface area contributed by atoms with Gasteiger partial charge in [-0.25, -0.2) is 0 Å². The summed E-state index contributed by atoms with van der Waals surface area (Å²) in [6, 6.07) is 0. The Labute approximate surface area is 143 Å². The van der Waals surface area contributed by atoms with Gasteiger partial charge in [-0.2, -0.15) is 16.7 Å². The number of hydrogen-bond donors (Lipinski definition) is 2. The second kappa shape index (κ2) is 8.57. The summed E-state index contributed by atoms with van der Waals surface area (Å²) in [5, 5.41) is 10.6. The zero-order valence-corrected chi connectivity index (χ0v) is 15.5. The fourth-order valence-electron chi connectivity index (χ4n) is 2.44. The maximum Gasteiger partial charge on any atom is 0.228 e. The molecule has 0 spiro atoms. The minimum absolute atomic E-state index is 0.293. The molecule has 0 aliphatic carbocycles. The highest BCUT2D eigenvalue weighted by Crippen LogP contribution is 2.37. The SMILES string of the molecule is CCNC(=NCC1(C)CCCS1)NCCc1nc(C(C)C)no1. The van der Waals surface area contributed by atoms with E-state index in [2.05, 4.69) is 48.5 Å². The van der Waals surface area contributed by atoms with Crippen molar-refractivity contribution in [2.24, 2.45) is 4.99 Å². The van der Waals surface area contributed by atoms with E-state index in [1.165, 1.54) is 18.6 Å². The summed E-state index contributed by atoms with van der Waals surface area (Å²) in [5.74, 6) is 3.86. The third kappa shape index (κ3) is 5.71.